The third-order valence-corrected chi connectivity index (χ3v) is 4.17. The fourth-order valence-corrected chi connectivity index (χ4v) is 2.90. The summed E-state index contributed by atoms with van der Waals surface area (Å²) in [5.74, 6) is 1.57. The molecule has 0 aliphatic carbocycles. The van der Waals surface area contributed by atoms with Crippen molar-refractivity contribution in [2.24, 2.45) is 0 Å². The molecule has 0 atom stereocenters. The van der Waals surface area contributed by atoms with Crippen molar-refractivity contribution in [2.45, 2.75) is 6.92 Å². The van der Waals surface area contributed by atoms with Crippen molar-refractivity contribution in [1.82, 2.24) is 4.98 Å². The van der Waals surface area contributed by atoms with Crippen LogP contribution in [-0.4, -0.2) is 12.1 Å². The number of aromatic nitrogens is 1. The van der Waals surface area contributed by atoms with Crippen LogP contribution in [0.1, 0.15) is 5.56 Å². The largest absolute Gasteiger partial charge is 0.495 e. The maximum absolute atomic E-state index is 5.57. The van der Waals surface area contributed by atoms with Crippen molar-refractivity contribution in [2.75, 3.05) is 12.4 Å². The van der Waals surface area contributed by atoms with E-state index < -0.39 is 0 Å². The molecule has 0 amide bonds. The summed E-state index contributed by atoms with van der Waals surface area (Å²) in [4.78, 5) is 4.45. The zero-order chi connectivity index (χ0) is 17.2. The van der Waals surface area contributed by atoms with E-state index in [9.17, 15) is 0 Å². The van der Waals surface area contributed by atoms with E-state index in [0.29, 0.717) is 0 Å². The molecular formula is C21H18N2O2. The van der Waals surface area contributed by atoms with E-state index in [2.05, 4.69) is 35.4 Å². The number of ether oxygens (including phenoxy) is 1. The highest BCUT2D eigenvalue weighted by Gasteiger charge is 2.10. The van der Waals surface area contributed by atoms with Gasteiger partial charge in [0.1, 0.15) is 11.5 Å². The number of hydrogen-bond donors (Lipinski definition) is 1. The van der Waals surface area contributed by atoms with E-state index >= 15 is 0 Å². The average molecular weight is 330 g/mol. The summed E-state index contributed by atoms with van der Waals surface area (Å²) in [6.45, 7) is 2.07. The molecule has 0 aliphatic rings. The lowest BCUT2D eigenvalue weighted by atomic mass is 10.1. The van der Waals surface area contributed by atoms with E-state index in [1.165, 1.54) is 5.56 Å². The van der Waals surface area contributed by atoms with Gasteiger partial charge in [0.15, 0.2) is 0 Å². The average Bonchev–Trinajstić information content (AvgIpc) is 3.16. The molecule has 0 bridgehead atoms. The lowest BCUT2D eigenvalue weighted by molar-refractivity contribution is 0.417. The second-order valence-corrected chi connectivity index (χ2v) is 5.90. The van der Waals surface area contributed by atoms with Gasteiger partial charge in [-0.15, -0.1) is 0 Å². The number of nitrogens with zero attached hydrogens (tertiary/aromatic N) is 1. The molecule has 4 nitrogen and oxygen atoms in total. The number of aryl methyl sites for hydroxylation is 1. The number of anilines is 2. The lowest BCUT2D eigenvalue weighted by Crippen LogP contribution is -1.96. The molecule has 2 heterocycles. The second kappa shape index (κ2) is 6.32. The number of pyridine rings is 1. The van der Waals surface area contributed by atoms with Gasteiger partial charge in [0.25, 0.3) is 0 Å². The van der Waals surface area contributed by atoms with Gasteiger partial charge < -0.3 is 14.5 Å². The van der Waals surface area contributed by atoms with Gasteiger partial charge in [0.05, 0.1) is 24.6 Å². The van der Waals surface area contributed by atoms with E-state index in [4.69, 9.17) is 9.15 Å². The SMILES string of the molecule is COc1cc(-c2ccco2)ccc1Nc1ccnc2cc(C)ccc12. The third-order valence-electron chi connectivity index (χ3n) is 4.17. The summed E-state index contributed by atoms with van der Waals surface area (Å²) in [5.41, 5.74) is 5.02. The molecule has 0 saturated heterocycles. The van der Waals surface area contributed by atoms with Gasteiger partial charge in [0.2, 0.25) is 0 Å². The fourth-order valence-electron chi connectivity index (χ4n) is 2.90. The van der Waals surface area contributed by atoms with Gasteiger partial charge in [0, 0.05) is 22.8 Å². The fraction of sp³-hybridized carbons (Fsp3) is 0.0952. The molecule has 0 spiro atoms. The topological polar surface area (TPSA) is 47.3 Å². The summed E-state index contributed by atoms with van der Waals surface area (Å²) in [6.07, 6.45) is 3.48. The number of hydrogen-bond acceptors (Lipinski definition) is 4. The zero-order valence-electron chi connectivity index (χ0n) is 14.1. The number of fused-ring (bicyclic) bond motifs is 1. The minimum atomic E-state index is 0.756. The van der Waals surface area contributed by atoms with Crippen molar-refractivity contribution in [3.63, 3.8) is 0 Å². The highest BCUT2D eigenvalue weighted by Crippen LogP contribution is 2.34. The Balaban J connectivity index is 1.74. The van der Waals surface area contributed by atoms with Crippen molar-refractivity contribution >= 4 is 22.3 Å². The Labute approximate surface area is 146 Å². The van der Waals surface area contributed by atoms with E-state index in [1.54, 1.807) is 13.4 Å². The van der Waals surface area contributed by atoms with Crippen molar-refractivity contribution in [3.8, 4) is 17.1 Å². The summed E-state index contributed by atoms with van der Waals surface area (Å²) in [6, 6.07) is 18.0. The minimum Gasteiger partial charge on any atom is -0.495 e. The molecule has 0 unspecified atom stereocenters. The van der Waals surface area contributed by atoms with Gasteiger partial charge in [-0.25, -0.2) is 0 Å². The predicted molar refractivity (Wildman–Crippen MR) is 100 cm³/mol. The van der Waals surface area contributed by atoms with Crippen LogP contribution in [0.3, 0.4) is 0 Å². The molecule has 4 heteroatoms. The molecule has 4 rings (SSSR count). The first-order valence-corrected chi connectivity index (χ1v) is 8.09. The van der Waals surface area contributed by atoms with Crippen LogP contribution in [0, 0.1) is 6.92 Å². The maximum atomic E-state index is 5.57. The van der Waals surface area contributed by atoms with Crippen LogP contribution in [0.2, 0.25) is 0 Å². The molecule has 124 valence electrons. The maximum Gasteiger partial charge on any atom is 0.143 e. The normalized spacial score (nSPS) is 10.8. The first-order chi connectivity index (χ1) is 12.2. The van der Waals surface area contributed by atoms with Gasteiger partial charge in [-0.05, 0) is 55.0 Å². The molecule has 0 saturated carbocycles. The van der Waals surface area contributed by atoms with Gasteiger partial charge in [-0.3, -0.25) is 4.98 Å². The van der Waals surface area contributed by atoms with Crippen molar-refractivity contribution in [1.29, 1.82) is 0 Å². The molecule has 25 heavy (non-hydrogen) atoms. The number of nitrogens with one attached hydrogen (secondary N) is 1. The van der Waals surface area contributed by atoms with Crippen molar-refractivity contribution in [3.05, 3.63) is 72.6 Å². The van der Waals surface area contributed by atoms with E-state index in [-0.39, 0.29) is 0 Å². The summed E-state index contributed by atoms with van der Waals surface area (Å²) >= 11 is 0. The summed E-state index contributed by atoms with van der Waals surface area (Å²) < 4.78 is 11.0. The molecule has 4 aromatic rings. The van der Waals surface area contributed by atoms with Crippen LogP contribution in [0.5, 0.6) is 5.75 Å². The van der Waals surface area contributed by atoms with E-state index in [1.807, 2.05) is 42.6 Å². The second-order valence-electron chi connectivity index (χ2n) is 5.90. The van der Waals surface area contributed by atoms with Crippen LogP contribution in [0.15, 0.2) is 71.5 Å². The number of benzene rings is 2. The molecule has 0 aliphatic heterocycles. The standard InChI is InChI=1S/C21H18N2O2/c1-14-5-7-16-17(9-10-22-19(16)12-14)23-18-8-6-15(13-21(18)24-2)20-4-3-11-25-20/h3-13H,1-2H3,(H,22,23). The quantitative estimate of drug-likeness (QED) is 0.532. The predicted octanol–water partition coefficient (Wildman–Crippen LogP) is 5.56. The Bertz CT molecular complexity index is 1020. The molecule has 1 N–H and O–H groups in total. The molecule has 2 aromatic carbocycles. The van der Waals surface area contributed by atoms with Crippen LogP contribution < -0.4 is 10.1 Å². The Morgan fingerprint density at radius 3 is 2.72 bits per heavy atom. The Morgan fingerprint density at radius 2 is 1.92 bits per heavy atom. The van der Waals surface area contributed by atoms with Crippen LogP contribution >= 0.6 is 0 Å². The number of methoxy groups -OCH3 is 1. The number of furan rings is 1. The van der Waals surface area contributed by atoms with E-state index in [0.717, 1.165) is 39.4 Å². The monoisotopic (exact) mass is 330 g/mol. The first kappa shape index (κ1) is 15.3. The smallest absolute Gasteiger partial charge is 0.143 e. The van der Waals surface area contributed by atoms with Crippen LogP contribution in [0.25, 0.3) is 22.2 Å². The Morgan fingerprint density at radius 1 is 1.00 bits per heavy atom. The minimum absolute atomic E-state index is 0.756. The zero-order valence-corrected chi connectivity index (χ0v) is 14.1. The first-order valence-electron chi connectivity index (χ1n) is 8.09. The van der Waals surface area contributed by atoms with Gasteiger partial charge in [-0.2, -0.15) is 0 Å². The van der Waals surface area contributed by atoms with Gasteiger partial charge in [-0.1, -0.05) is 12.1 Å². The van der Waals surface area contributed by atoms with Gasteiger partial charge >= 0.3 is 0 Å². The highest BCUT2D eigenvalue weighted by atomic mass is 16.5. The highest BCUT2D eigenvalue weighted by molar-refractivity contribution is 5.93. The third kappa shape index (κ3) is 2.94. The Kier molecular flexibility index (Phi) is 3.86. The van der Waals surface area contributed by atoms with Crippen LogP contribution in [-0.2, 0) is 0 Å². The summed E-state index contributed by atoms with van der Waals surface area (Å²) in [7, 11) is 1.67. The summed E-state index contributed by atoms with van der Waals surface area (Å²) in [5, 5.41) is 4.54. The Hall–Kier alpha value is -3.27. The molecule has 0 fully saturated rings. The van der Waals surface area contributed by atoms with Crippen molar-refractivity contribution < 1.29 is 9.15 Å². The molecule has 0 radical (unpaired) electrons. The molecular weight excluding hydrogens is 312 g/mol. The van der Waals surface area contributed by atoms with Crippen LogP contribution in [0.4, 0.5) is 11.4 Å². The number of rotatable bonds is 4. The molecule has 2 aromatic heterocycles. The lowest BCUT2D eigenvalue weighted by Gasteiger charge is -2.14.